The average Bonchev–Trinajstić information content (AvgIpc) is 2.83. The number of hydrogen-bond donors (Lipinski definition) is 0. The molecule has 0 spiro atoms. The highest BCUT2D eigenvalue weighted by atomic mass is 79.9. The smallest absolute Gasteiger partial charge is 0.410 e. The maximum atomic E-state index is 13.0. The predicted octanol–water partition coefficient (Wildman–Crippen LogP) is 4.05. The fourth-order valence-corrected chi connectivity index (χ4v) is 4.27. The van der Waals surface area contributed by atoms with Gasteiger partial charge in [-0.05, 0) is 47.0 Å². The van der Waals surface area contributed by atoms with Crippen molar-refractivity contribution in [3.63, 3.8) is 0 Å². The van der Waals surface area contributed by atoms with Crippen molar-refractivity contribution in [1.82, 2.24) is 14.0 Å². The third-order valence-electron chi connectivity index (χ3n) is 5.34. The maximum absolute atomic E-state index is 13.0. The Hall–Kier alpha value is -1.57. The van der Waals surface area contributed by atoms with Gasteiger partial charge in [-0.25, -0.2) is 9.59 Å². The fraction of sp³-hybridized carbons (Fsp3) is 0.762. The highest BCUT2D eigenvalue weighted by Gasteiger charge is 2.30. The normalized spacial score (nSPS) is 20.1. The number of ether oxygens (including phenoxy) is 1. The van der Waals surface area contributed by atoms with E-state index in [1.54, 1.807) is 16.5 Å². The Balaban J connectivity index is 2.28. The third kappa shape index (κ3) is 5.74. The van der Waals surface area contributed by atoms with Gasteiger partial charge in [-0.1, -0.05) is 29.8 Å². The van der Waals surface area contributed by atoms with Gasteiger partial charge in [-0.3, -0.25) is 14.1 Å². The van der Waals surface area contributed by atoms with E-state index in [1.165, 1.54) is 0 Å². The number of carbonyl (C=O) groups excluding carboxylic acids is 1. The molecule has 1 saturated heterocycles. The van der Waals surface area contributed by atoms with Gasteiger partial charge in [-0.2, -0.15) is 0 Å². The number of rotatable bonds is 5. The molecule has 0 saturated carbocycles. The van der Waals surface area contributed by atoms with Crippen molar-refractivity contribution in [2.24, 2.45) is 12.0 Å². The minimum Gasteiger partial charge on any atom is -0.444 e. The Bertz CT molecular complexity index is 804. The number of piperidine rings is 1. The number of hydrogen-bond acceptors (Lipinski definition) is 4. The Labute approximate surface area is 182 Å². The summed E-state index contributed by atoms with van der Waals surface area (Å²) >= 11 is 3.60. The Morgan fingerprint density at radius 2 is 2.07 bits per heavy atom. The molecule has 1 amide bonds. The van der Waals surface area contributed by atoms with Crippen LogP contribution in [0.25, 0.3) is 0 Å². The van der Waals surface area contributed by atoms with E-state index >= 15 is 0 Å². The van der Waals surface area contributed by atoms with Crippen LogP contribution in [0.2, 0.25) is 0 Å². The first-order chi connectivity index (χ1) is 13.5. The molecule has 7 nitrogen and oxygen atoms in total. The van der Waals surface area contributed by atoms with Gasteiger partial charge >= 0.3 is 11.8 Å². The van der Waals surface area contributed by atoms with Gasteiger partial charge < -0.3 is 9.64 Å². The minimum atomic E-state index is -0.532. The molecule has 1 aromatic rings. The molecule has 1 aliphatic rings. The van der Waals surface area contributed by atoms with Crippen LogP contribution in [0.3, 0.4) is 0 Å². The van der Waals surface area contributed by atoms with Crippen LogP contribution in [0.5, 0.6) is 0 Å². The van der Waals surface area contributed by atoms with Crippen LogP contribution in [0.4, 0.5) is 4.79 Å². The van der Waals surface area contributed by atoms with Crippen LogP contribution in [0.1, 0.15) is 71.3 Å². The van der Waals surface area contributed by atoms with E-state index < -0.39 is 5.60 Å². The fourth-order valence-electron chi connectivity index (χ4n) is 3.76. The van der Waals surface area contributed by atoms with Crippen LogP contribution in [-0.2, 0) is 11.8 Å². The van der Waals surface area contributed by atoms with Gasteiger partial charge in [0.05, 0.1) is 17.8 Å². The summed E-state index contributed by atoms with van der Waals surface area (Å²) in [5.74, 6) is 0. The summed E-state index contributed by atoms with van der Waals surface area (Å²) in [5.41, 5.74) is 1.10. The van der Waals surface area contributed by atoms with E-state index in [0.29, 0.717) is 13.1 Å². The molecule has 0 radical (unpaired) electrons. The van der Waals surface area contributed by atoms with Crippen molar-refractivity contribution >= 4 is 28.2 Å². The summed E-state index contributed by atoms with van der Waals surface area (Å²) in [4.78, 5) is 32.1. The molecule has 3 atom stereocenters. The second-order valence-corrected chi connectivity index (χ2v) is 10.3. The van der Waals surface area contributed by atoms with Crippen LogP contribution in [-0.4, -0.2) is 55.9 Å². The first-order valence-corrected chi connectivity index (χ1v) is 11.3. The molecule has 2 unspecified atom stereocenters. The van der Waals surface area contributed by atoms with E-state index in [-0.39, 0.29) is 28.7 Å². The summed E-state index contributed by atoms with van der Waals surface area (Å²) < 4.78 is 8.98. The minimum absolute atomic E-state index is 0.0609. The second kappa shape index (κ2) is 9.49. The zero-order valence-corrected chi connectivity index (χ0v) is 20.3. The van der Waals surface area contributed by atoms with Gasteiger partial charge in [-0.15, -0.1) is 0 Å². The lowest BCUT2D eigenvalue weighted by Crippen LogP contribution is -2.45. The van der Waals surface area contributed by atoms with Crippen molar-refractivity contribution in [1.29, 1.82) is 0 Å². The molecule has 2 rings (SSSR count). The Kier molecular flexibility index (Phi) is 7.76. The molecule has 1 fully saturated rings. The third-order valence-corrected chi connectivity index (χ3v) is 5.95. The summed E-state index contributed by atoms with van der Waals surface area (Å²) in [6, 6.07) is 0.0966. The number of aliphatic imine (C=N–C) groups is 1. The van der Waals surface area contributed by atoms with E-state index in [9.17, 15) is 9.59 Å². The van der Waals surface area contributed by atoms with Crippen molar-refractivity contribution in [3.8, 4) is 0 Å². The molecular weight excluding hydrogens is 436 g/mol. The van der Waals surface area contributed by atoms with Gasteiger partial charge in [0.1, 0.15) is 5.60 Å². The number of halogens is 1. The lowest BCUT2D eigenvalue weighted by atomic mass is 10.1. The number of carbonyl (C=O) groups is 1. The summed E-state index contributed by atoms with van der Waals surface area (Å²) in [6.07, 6.45) is 4.12. The van der Waals surface area contributed by atoms with Gasteiger partial charge in [0.15, 0.2) is 0 Å². The first-order valence-electron chi connectivity index (χ1n) is 10.4. The van der Waals surface area contributed by atoms with Crippen LogP contribution < -0.4 is 5.69 Å². The predicted molar refractivity (Wildman–Crippen MR) is 121 cm³/mol. The van der Waals surface area contributed by atoms with E-state index in [4.69, 9.17) is 4.74 Å². The zero-order valence-electron chi connectivity index (χ0n) is 18.7. The van der Waals surface area contributed by atoms with E-state index in [0.717, 1.165) is 30.7 Å². The first kappa shape index (κ1) is 23.7. The molecule has 2 heterocycles. The van der Waals surface area contributed by atoms with Gasteiger partial charge in [0, 0.05) is 36.9 Å². The van der Waals surface area contributed by atoms with Crippen molar-refractivity contribution in [2.45, 2.75) is 83.3 Å². The Morgan fingerprint density at radius 1 is 1.41 bits per heavy atom. The molecule has 0 bridgehead atoms. The molecule has 0 N–H and O–H groups in total. The lowest BCUT2D eigenvalue weighted by molar-refractivity contribution is 0.0170. The van der Waals surface area contributed by atoms with Crippen molar-refractivity contribution < 1.29 is 9.53 Å². The SMILES string of the molecule is CCC(N=Cc1c(C)n(C2CCCN(C(=O)OC(C)(C)C)C2)c(=O)n1C)[C@H](C)Br. The number of amides is 1. The summed E-state index contributed by atoms with van der Waals surface area (Å²) in [7, 11) is 1.78. The van der Waals surface area contributed by atoms with Crippen LogP contribution in [0.15, 0.2) is 9.79 Å². The zero-order chi connectivity index (χ0) is 21.9. The van der Waals surface area contributed by atoms with E-state index in [2.05, 4.69) is 34.8 Å². The van der Waals surface area contributed by atoms with Gasteiger partial charge in [0.2, 0.25) is 0 Å². The summed E-state index contributed by atoms with van der Waals surface area (Å²) in [6.45, 7) is 12.9. The van der Waals surface area contributed by atoms with Gasteiger partial charge in [0.25, 0.3) is 0 Å². The monoisotopic (exact) mass is 470 g/mol. The largest absolute Gasteiger partial charge is 0.444 e. The van der Waals surface area contributed by atoms with E-state index in [1.807, 2.05) is 38.5 Å². The standard InChI is InChI=1S/C21H35BrN4O3/c1-8-17(14(2)22)23-12-18-15(3)26(19(27)24(18)7)16-10-9-11-25(13-16)20(28)29-21(4,5)6/h12,14,16-17H,8-11,13H2,1-7H3/t14-,16?,17?/m0/s1. The maximum Gasteiger partial charge on any atom is 0.410 e. The number of aromatic nitrogens is 2. The molecular formula is C21H35BrN4O3. The van der Waals surface area contributed by atoms with Crippen molar-refractivity contribution in [3.05, 3.63) is 21.9 Å². The average molecular weight is 471 g/mol. The second-order valence-electron chi connectivity index (χ2n) is 8.84. The number of likely N-dealkylation sites (tertiary alicyclic amines) is 1. The quantitative estimate of drug-likeness (QED) is 0.481. The number of nitrogens with zero attached hydrogens (tertiary/aromatic N) is 4. The summed E-state index contributed by atoms with van der Waals surface area (Å²) in [5, 5.41) is 0. The molecule has 29 heavy (non-hydrogen) atoms. The Morgan fingerprint density at radius 3 is 2.62 bits per heavy atom. The molecule has 164 valence electrons. The van der Waals surface area contributed by atoms with Crippen LogP contribution >= 0.6 is 15.9 Å². The molecule has 0 aliphatic carbocycles. The highest BCUT2D eigenvalue weighted by molar-refractivity contribution is 9.09. The molecule has 8 heteroatoms. The molecule has 1 aromatic heterocycles. The highest BCUT2D eigenvalue weighted by Crippen LogP contribution is 2.24. The number of alkyl halides is 1. The lowest BCUT2D eigenvalue weighted by Gasteiger charge is -2.34. The number of imidazole rings is 1. The van der Waals surface area contributed by atoms with Crippen LogP contribution in [0, 0.1) is 6.92 Å². The molecule has 0 aromatic carbocycles. The van der Waals surface area contributed by atoms with Crippen molar-refractivity contribution in [2.75, 3.05) is 13.1 Å². The molecule has 1 aliphatic heterocycles. The topological polar surface area (TPSA) is 68.8 Å².